The van der Waals surface area contributed by atoms with E-state index in [1.54, 1.807) is 0 Å². The minimum Gasteiger partial charge on any atom is -0.222 e. The van der Waals surface area contributed by atoms with Crippen molar-refractivity contribution in [2.45, 2.75) is 0 Å². The molecule has 0 saturated carbocycles. The molecular weight excluding hydrogens is 678 g/mol. The Morgan fingerprint density at radius 3 is 1.62 bits per heavy atom. The van der Waals surface area contributed by atoms with Crippen LogP contribution in [0.1, 0.15) is 16.7 Å². The second-order valence-electron chi connectivity index (χ2n) is 9.18. The van der Waals surface area contributed by atoms with Crippen molar-refractivity contribution in [1.82, 2.24) is 0 Å². The van der Waals surface area contributed by atoms with Gasteiger partial charge < -0.3 is 0 Å². The van der Waals surface area contributed by atoms with Crippen LogP contribution in [0.3, 0.4) is 0 Å². The number of hydrogen-bond acceptors (Lipinski definition) is 4. The van der Waals surface area contributed by atoms with E-state index in [2.05, 4.69) is 152 Å². The summed E-state index contributed by atoms with van der Waals surface area (Å²) >= 11 is 0.566. The van der Waals surface area contributed by atoms with Crippen LogP contribution in [0.25, 0.3) is 36.1 Å². The molecule has 0 saturated heterocycles. The van der Waals surface area contributed by atoms with Gasteiger partial charge in [-0.15, -0.1) is 10.2 Å². The number of rotatable bonds is 5. The molecule has 42 heavy (non-hydrogen) atoms. The Hall–Kier alpha value is -3.38. The molecule has 0 radical (unpaired) electrons. The molecule has 7 heteroatoms. The summed E-state index contributed by atoms with van der Waals surface area (Å²) in [7, 11) is -4.94. The summed E-state index contributed by atoms with van der Waals surface area (Å²) < 4.78 is 39.7. The molecule has 0 aliphatic carbocycles. The SMILES string of the molecule is C1=C(c2ccccc2)[Se]c2ccccc2/C1=C\C=C\c1cc(-c2ccccc2)[se+]c(-c2ccccc2)c1.[O-][Cl+3]([O-])([O-])[O-]. The second-order valence-corrected chi connectivity index (χ2v) is 14.5. The first-order valence-electron chi connectivity index (χ1n) is 13.0. The molecule has 0 fully saturated rings. The molecule has 0 N–H and O–H groups in total. The van der Waals surface area contributed by atoms with Crippen LogP contribution in [0.4, 0.5) is 0 Å². The maximum absolute atomic E-state index is 8.49. The number of halogens is 1. The Morgan fingerprint density at radius 2 is 1.07 bits per heavy atom. The molecule has 1 aliphatic heterocycles. The molecule has 0 amide bonds. The van der Waals surface area contributed by atoms with E-state index in [1.807, 2.05) is 0 Å². The molecule has 0 bridgehead atoms. The van der Waals surface area contributed by atoms with Crippen LogP contribution in [0, 0.1) is 10.2 Å². The average Bonchev–Trinajstić information content (AvgIpc) is 3.01. The van der Waals surface area contributed by atoms with Gasteiger partial charge in [0.15, 0.2) is 0 Å². The van der Waals surface area contributed by atoms with Gasteiger partial charge in [-0.1, -0.05) is 0 Å². The zero-order chi connectivity index (χ0) is 29.4. The van der Waals surface area contributed by atoms with E-state index >= 15 is 0 Å². The van der Waals surface area contributed by atoms with E-state index in [9.17, 15) is 0 Å². The van der Waals surface area contributed by atoms with Crippen molar-refractivity contribution < 1.29 is 28.9 Å². The number of fused-ring (bicyclic) bond motifs is 1. The summed E-state index contributed by atoms with van der Waals surface area (Å²) in [5.74, 6) is 0. The topological polar surface area (TPSA) is 92.2 Å². The first kappa shape index (κ1) is 30.1. The molecule has 2 heterocycles. The summed E-state index contributed by atoms with van der Waals surface area (Å²) in [6.07, 6.45) is 9.13. The van der Waals surface area contributed by atoms with E-state index in [-0.39, 0.29) is 14.5 Å². The Balaban J connectivity index is 0.000000652. The van der Waals surface area contributed by atoms with Gasteiger partial charge in [-0.3, -0.25) is 0 Å². The Bertz CT molecular complexity index is 1670. The van der Waals surface area contributed by atoms with Crippen molar-refractivity contribution in [3.8, 4) is 20.0 Å². The van der Waals surface area contributed by atoms with Crippen molar-refractivity contribution in [1.29, 1.82) is 0 Å². The maximum Gasteiger partial charge on any atom is -0.112 e. The normalized spacial score (nSPS) is 13.7. The summed E-state index contributed by atoms with van der Waals surface area (Å²) in [4.78, 5) is 0. The quantitative estimate of drug-likeness (QED) is 0.264. The van der Waals surface area contributed by atoms with Gasteiger partial charge in [0.2, 0.25) is 0 Å². The molecule has 4 aromatic carbocycles. The van der Waals surface area contributed by atoms with Crippen LogP contribution >= 0.6 is 0 Å². The zero-order valence-corrected chi connectivity index (χ0v) is 26.4. The third-order valence-electron chi connectivity index (χ3n) is 6.26. The standard InChI is InChI=1S/C35H25Se2.ClHO4/c1-4-14-27(15-5-1)33-23-26(24-34(37-33)28-16-6-2-7-17-28)13-12-20-30-25-35(29-18-8-3-9-19-29)36-32-22-11-10-21-31(30)32;2-1(3,4)5/h1-25H;(H,2,3,4,5)/q+1;/p-1. The van der Waals surface area contributed by atoms with E-state index in [0.29, 0.717) is 15.0 Å². The minimum atomic E-state index is -4.94. The average molecular weight is 703 g/mol. The monoisotopic (exact) mass is 704 g/mol. The molecule has 5 aromatic rings. The van der Waals surface area contributed by atoms with Crippen molar-refractivity contribution in [3.05, 3.63) is 162 Å². The first-order valence-corrected chi connectivity index (χ1v) is 17.6. The largest absolute Gasteiger partial charge is 0.222 e. The molecule has 1 aliphatic rings. The van der Waals surface area contributed by atoms with Crippen molar-refractivity contribution >= 4 is 50.0 Å². The van der Waals surface area contributed by atoms with Gasteiger partial charge in [0.05, 0.1) is 0 Å². The molecular formula is C35H25ClO4Se2. The summed E-state index contributed by atoms with van der Waals surface area (Å²) in [5.41, 5.74) is 7.81. The van der Waals surface area contributed by atoms with E-state index < -0.39 is 10.2 Å². The minimum absolute atomic E-state index is 0.260. The van der Waals surface area contributed by atoms with Gasteiger partial charge in [-0.2, -0.15) is 0 Å². The van der Waals surface area contributed by atoms with Crippen LogP contribution in [-0.2, 0) is 0 Å². The fourth-order valence-corrected chi connectivity index (χ4v) is 9.14. The predicted molar refractivity (Wildman–Crippen MR) is 162 cm³/mol. The Labute approximate surface area is 259 Å². The van der Waals surface area contributed by atoms with Gasteiger partial charge in [0.25, 0.3) is 0 Å². The Kier molecular flexibility index (Phi) is 10.2. The molecule has 6 rings (SSSR count). The summed E-state index contributed by atoms with van der Waals surface area (Å²) in [6, 6.07) is 46.0. The third-order valence-corrected chi connectivity index (χ3v) is 11.1. The molecule has 208 valence electrons. The van der Waals surface area contributed by atoms with Crippen molar-refractivity contribution in [2.75, 3.05) is 0 Å². The Morgan fingerprint density at radius 1 is 0.595 bits per heavy atom. The molecule has 4 nitrogen and oxygen atoms in total. The molecule has 1 aromatic heterocycles. The van der Waals surface area contributed by atoms with E-state index in [4.69, 9.17) is 18.6 Å². The van der Waals surface area contributed by atoms with Crippen LogP contribution in [0.5, 0.6) is 0 Å². The van der Waals surface area contributed by atoms with Crippen LogP contribution < -0.4 is 23.1 Å². The van der Waals surface area contributed by atoms with Gasteiger partial charge in [0, 0.05) is 0 Å². The second kappa shape index (κ2) is 14.2. The number of benzene rings is 4. The van der Waals surface area contributed by atoms with Gasteiger partial charge in [-0.05, 0) is 0 Å². The van der Waals surface area contributed by atoms with Crippen LogP contribution in [0.15, 0.2) is 146 Å². The predicted octanol–water partition coefficient (Wildman–Crippen LogP) is 3.08. The third kappa shape index (κ3) is 8.57. The van der Waals surface area contributed by atoms with Crippen LogP contribution in [0.2, 0.25) is 0 Å². The first-order chi connectivity index (χ1) is 20.3. The molecule has 0 spiro atoms. The molecule has 0 unspecified atom stereocenters. The number of hydrogen-bond donors (Lipinski definition) is 0. The van der Waals surface area contributed by atoms with E-state index in [1.165, 1.54) is 51.2 Å². The fraction of sp³-hybridized carbons (Fsp3) is 0. The fourth-order valence-electron chi connectivity index (χ4n) is 4.41. The van der Waals surface area contributed by atoms with Crippen molar-refractivity contribution in [3.63, 3.8) is 0 Å². The van der Waals surface area contributed by atoms with Gasteiger partial charge in [-0.25, -0.2) is 18.6 Å². The zero-order valence-electron chi connectivity index (χ0n) is 22.3. The van der Waals surface area contributed by atoms with Crippen LogP contribution in [-0.4, -0.2) is 29.5 Å². The summed E-state index contributed by atoms with van der Waals surface area (Å²) in [6.45, 7) is 0. The number of allylic oxidation sites excluding steroid dienone is 4. The van der Waals surface area contributed by atoms with Crippen molar-refractivity contribution in [2.24, 2.45) is 0 Å². The smallest absolute Gasteiger partial charge is 0.112 e. The van der Waals surface area contributed by atoms with E-state index in [0.717, 1.165) is 0 Å². The molecule has 0 atom stereocenters. The maximum atomic E-state index is 8.49. The van der Waals surface area contributed by atoms with Gasteiger partial charge in [0.1, 0.15) is 0 Å². The van der Waals surface area contributed by atoms with Gasteiger partial charge >= 0.3 is 232 Å². The summed E-state index contributed by atoms with van der Waals surface area (Å²) in [5, 5.41) is 0.